The standard InChI is InChI=1S/C21H16F2N2O2/c1-13-6-8-14(9-7-13)20(16-4-2-3-5-17(16)21(26)27)25-24-19-11-10-15(22)12-18(19)23/h2-12,24H,1H3,(H,26,27). The highest BCUT2D eigenvalue weighted by Crippen LogP contribution is 2.19. The van der Waals surface area contributed by atoms with Crippen LogP contribution in [-0.4, -0.2) is 16.8 Å². The zero-order valence-electron chi connectivity index (χ0n) is 14.4. The van der Waals surface area contributed by atoms with E-state index in [1.807, 2.05) is 19.1 Å². The van der Waals surface area contributed by atoms with E-state index in [-0.39, 0.29) is 11.3 Å². The highest BCUT2D eigenvalue weighted by molar-refractivity contribution is 6.17. The molecule has 0 aliphatic carbocycles. The molecule has 0 aromatic heterocycles. The van der Waals surface area contributed by atoms with Crippen molar-refractivity contribution in [3.05, 3.63) is 101 Å². The molecule has 3 aromatic rings. The lowest BCUT2D eigenvalue weighted by Gasteiger charge is -2.12. The summed E-state index contributed by atoms with van der Waals surface area (Å²) in [4.78, 5) is 11.6. The number of rotatable bonds is 5. The Hall–Kier alpha value is -3.54. The molecule has 0 spiro atoms. The molecule has 0 unspecified atom stereocenters. The topological polar surface area (TPSA) is 61.7 Å². The van der Waals surface area contributed by atoms with Crippen molar-refractivity contribution in [2.45, 2.75) is 6.92 Å². The molecule has 0 fully saturated rings. The zero-order valence-corrected chi connectivity index (χ0v) is 14.4. The molecule has 6 heteroatoms. The molecule has 0 radical (unpaired) electrons. The van der Waals surface area contributed by atoms with E-state index in [0.29, 0.717) is 16.8 Å². The maximum atomic E-state index is 13.9. The van der Waals surface area contributed by atoms with Crippen LogP contribution in [0.4, 0.5) is 14.5 Å². The summed E-state index contributed by atoms with van der Waals surface area (Å²) in [5.41, 5.74) is 5.01. The van der Waals surface area contributed by atoms with Crippen LogP contribution in [0.15, 0.2) is 71.8 Å². The molecule has 3 aromatic carbocycles. The number of aryl methyl sites for hydroxylation is 1. The Bertz CT molecular complexity index is 1010. The SMILES string of the molecule is Cc1ccc(C(=NNc2ccc(F)cc2F)c2ccccc2C(=O)O)cc1. The second-order valence-corrected chi connectivity index (χ2v) is 5.91. The largest absolute Gasteiger partial charge is 0.478 e. The van der Waals surface area contributed by atoms with Gasteiger partial charge in [-0.25, -0.2) is 13.6 Å². The van der Waals surface area contributed by atoms with E-state index < -0.39 is 17.6 Å². The third-order valence-electron chi connectivity index (χ3n) is 3.96. The van der Waals surface area contributed by atoms with Gasteiger partial charge in [0.1, 0.15) is 5.82 Å². The summed E-state index contributed by atoms with van der Waals surface area (Å²) in [5, 5.41) is 13.7. The van der Waals surface area contributed by atoms with E-state index in [0.717, 1.165) is 17.7 Å². The van der Waals surface area contributed by atoms with Gasteiger partial charge in [-0.3, -0.25) is 5.43 Å². The van der Waals surface area contributed by atoms with E-state index in [9.17, 15) is 18.7 Å². The fraction of sp³-hybridized carbons (Fsp3) is 0.0476. The van der Waals surface area contributed by atoms with E-state index in [1.54, 1.807) is 30.3 Å². The summed E-state index contributed by atoms with van der Waals surface area (Å²) < 4.78 is 27.0. The van der Waals surface area contributed by atoms with Crippen LogP contribution >= 0.6 is 0 Å². The van der Waals surface area contributed by atoms with Crippen LogP contribution in [0, 0.1) is 18.6 Å². The van der Waals surface area contributed by atoms with Crippen molar-refractivity contribution >= 4 is 17.4 Å². The summed E-state index contributed by atoms with van der Waals surface area (Å²) in [6, 6.07) is 16.8. The van der Waals surface area contributed by atoms with Crippen molar-refractivity contribution in [1.29, 1.82) is 0 Å². The minimum atomic E-state index is -1.10. The Morgan fingerprint density at radius 3 is 2.26 bits per heavy atom. The highest BCUT2D eigenvalue weighted by atomic mass is 19.1. The van der Waals surface area contributed by atoms with Gasteiger partial charge in [-0.05, 0) is 25.1 Å². The zero-order chi connectivity index (χ0) is 19.4. The van der Waals surface area contributed by atoms with Gasteiger partial charge in [0.25, 0.3) is 0 Å². The first kappa shape index (κ1) is 18.3. The summed E-state index contributed by atoms with van der Waals surface area (Å²) in [6.07, 6.45) is 0. The van der Waals surface area contributed by atoms with Crippen molar-refractivity contribution in [2.24, 2.45) is 5.10 Å². The fourth-order valence-electron chi connectivity index (χ4n) is 2.56. The summed E-state index contributed by atoms with van der Waals surface area (Å²) in [6.45, 7) is 1.93. The maximum Gasteiger partial charge on any atom is 0.336 e. The van der Waals surface area contributed by atoms with Crippen molar-refractivity contribution in [3.63, 3.8) is 0 Å². The number of anilines is 1. The predicted molar refractivity (Wildman–Crippen MR) is 100 cm³/mol. The van der Waals surface area contributed by atoms with Gasteiger partial charge in [-0.15, -0.1) is 0 Å². The molecule has 0 saturated heterocycles. The van der Waals surface area contributed by atoms with Crippen LogP contribution in [0.3, 0.4) is 0 Å². The average Bonchev–Trinajstić information content (AvgIpc) is 2.65. The molecular formula is C21H16F2N2O2. The Morgan fingerprint density at radius 2 is 1.63 bits per heavy atom. The molecule has 0 aliphatic rings. The van der Waals surface area contributed by atoms with E-state index in [1.165, 1.54) is 12.1 Å². The second-order valence-electron chi connectivity index (χ2n) is 5.91. The summed E-state index contributed by atoms with van der Waals surface area (Å²) in [7, 11) is 0. The van der Waals surface area contributed by atoms with Crippen LogP contribution in [-0.2, 0) is 0 Å². The third kappa shape index (κ3) is 4.17. The molecule has 0 amide bonds. The number of halogens is 2. The first-order valence-electron chi connectivity index (χ1n) is 8.14. The number of carbonyl (C=O) groups is 1. The van der Waals surface area contributed by atoms with Gasteiger partial charge in [0.2, 0.25) is 0 Å². The summed E-state index contributed by atoms with van der Waals surface area (Å²) in [5.74, 6) is -2.59. The molecule has 4 nitrogen and oxygen atoms in total. The molecule has 3 rings (SSSR count). The van der Waals surface area contributed by atoms with Crippen molar-refractivity contribution < 1.29 is 18.7 Å². The number of hydrazone groups is 1. The molecular weight excluding hydrogens is 350 g/mol. The Kier molecular flexibility index (Phi) is 5.26. The first-order chi connectivity index (χ1) is 13.0. The lowest BCUT2D eigenvalue weighted by atomic mass is 9.97. The molecule has 0 atom stereocenters. The van der Waals surface area contributed by atoms with E-state index >= 15 is 0 Å². The lowest BCUT2D eigenvalue weighted by Crippen LogP contribution is -2.12. The Labute approximate surface area is 154 Å². The monoisotopic (exact) mass is 366 g/mol. The van der Waals surface area contributed by atoms with Crippen LogP contribution in [0.2, 0.25) is 0 Å². The van der Waals surface area contributed by atoms with Crippen LogP contribution < -0.4 is 5.43 Å². The van der Waals surface area contributed by atoms with Crippen LogP contribution in [0.25, 0.3) is 0 Å². The second kappa shape index (κ2) is 7.78. The number of carboxylic acids is 1. The van der Waals surface area contributed by atoms with Gasteiger partial charge in [0, 0.05) is 17.2 Å². The van der Waals surface area contributed by atoms with Gasteiger partial charge >= 0.3 is 5.97 Å². The quantitative estimate of drug-likeness (QED) is 0.502. The molecule has 136 valence electrons. The van der Waals surface area contributed by atoms with Crippen molar-refractivity contribution in [2.75, 3.05) is 5.43 Å². The predicted octanol–water partition coefficient (Wildman–Crippen LogP) is 4.84. The van der Waals surface area contributed by atoms with Crippen LogP contribution in [0.1, 0.15) is 27.0 Å². The average molecular weight is 366 g/mol. The number of aromatic carboxylic acids is 1. The third-order valence-corrected chi connectivity index (χ3v) is 3.96. The van der Waals surface area contributed by atoms with Gasteiger partial charge in [0.15, 0.2) is 5.82 Å². The fourth-order valence-corrected chi connectivity index (χ4v) is 2.56. The number of carboxylic acid groups (broad SMARTS) is 1. The molecule has 0 heterocycles. The lowest BCUT2D eigenvalue weighted by molar-refractivity contribution is 0.0696. The molecule has 2 N–H and O–H groups in total. The van der Waals surface area contributed by atoms with Crippen LogP contribution in [0.5, 0.6) is 0 Å². The normalized spacial score (nSPS) is 11.3. The molecule has 0 saturated carbocycles. The number of nitrogens with zero attached hydrogens (tertiary/aromatic N) is 1. The van der Waals surface area contributed by atoms with Gasteiger partial charge in [-0.1, -0.05) is 48.0 Å². The number of hydrogen-bond acceptors (Lipinski definition) is 3. The smallest absolute Gasteiger partial charge is 0.336 e. The van der Waals surface area contributed by atoms with Gasteiger partial charge in [0.05, 0.1) is 17.0 Å². The number of nitrogens with one attached hydrogen (secondary N) is 1. The van der Waals surface area contributed by atoms with Crippen molar-refractivity contribution in [3.8, 4) is 0 Å². The summed E-state index contributed by atoms with van der Waals surface area (Å²) >= 11 is 0. The van der Waals surface area contributed by atoms with Crippen molar-refractivity contribution in [1.82, 2.24) is 0 Å². The van der Waals surface area contributed by atoms with E-state index in [4.69, 9.17) is 0 Å². The van der Waals surface area contributed by atoms with Gasteiger partial charge in [-0.2, -0.15) is 5.10 Å². The Balaban J connectivity index is 2.10. The Morgan fingerprint density at radius 1 is 0.963 bits per heavy atom. The first-order valence-corrected chi connectivity index (χ1v) is 8.14. The molecule has 27 heavy (non-hydrogen) atoms. The molecule has 0 bridgehead atoms. The number of hydrogen-bond donors (Lipinski definition) is 2. The minimum Gasteiger partial charge on any atom is -0.478 e. The van der Waals surface area contributed by atoms with Gasteiger partial charge < -0.3 is 5.11 Å². The molecule has 0 aliphatic heterocycles. The highest BCUT2D eigenvalue weighted by Gasteiger charge is 2.16. The number of benzene rings is 3. The van der Waals surface area contributed by atoms with E-state index in [2.05, 4.69) is 10.5 Å². The minimum absolute atomic E-state index is 0.0196. The maximum absolute atomic E-state index is 13.9.